The lowest BCUT2D eigenvalue weighted by molar-refractivity contribution is -0.146. The van der Waals surface area contributed by atoms with E-state index in [2.05, 4.69) is 24.3 Å². The van der Waals surface area contributed by atoms with Crippen LogP contribution in [-0.4, -0.2) is 43.2 Å². The average Bonchev–Trinajstić information content (AvgIpc) is 3.45. The topological polar surface area (TPSA) is 55.6 Å². The molecule has 126 valence electrons. The van der Waals surface area contributed by atoms with E-state index in [1.807, 2.05) is 17.9 Å². The highest BCUT2D eigenvalue weighted by atomic mass is 16.5. The first-order valence-corrected chi connectivity index (χ1v) is 8.86. The summed E-state index contributed by atoms with van der Waals surface area (Å²) in [5, 5.41) is 0. The highest BCUT2D eigenvalue weighted by Gasteiger charge is 2.42. The average molecular weight is 316 g/mol. The molecule has 1 aromatic rings. The summed E-state index contributed by atoms with van der Waals surface area (Å²) in [4.78, 5) is 14.8. The Morgan fingerprint density at radius 1 is 1.30 bits per heavy atom. The molecule has 1 unspecified atom stereocenters. The monoisotopic (exact) mass is 316 g/mol. The van der Waals surface area contributed by atoms with Crippen LogP contribution in [-0.2, 0) is 14.9 Å². The van der Waals surface area contributed by atoms with Gasteiger partial charge in [0.05, 0.1) is 0 Å². The van der Waals surface area contributed by atoms with Crippen LogP contribution in [0.3, 0.4) is 0 Å². The van der Waals surface area contributed by atoms with Gasteiger partial charge in [-0.05, 0) is 44.1 Å². The smallest absolute Gasteiger partial charge is 0.251 e. The number of hydrogen-bond acceptors (Lipinski definition) is 3. The van der Waals surface area contributed by atoms with Gasteiger partial charge < -0.3 is 15.4 Å². The van der Waals surface area contributed by atoms with Gasteiger partial charge in [-0.15, -0.1) is 0 Å². The molecule has 2 fully saturated rings. The Morgan fingerprint density at radius 3 is 2.48 bits per heavy atom. The van der Waals surface area contributed by atoms with E-state index in [1.54, 1.807) is 0 Å². The lowest BCUT2D eigenvalue weighted by Gasteiger charge is -2.42. The van der Waals surface area contributed by atoms with E-state index >= 15 is 0 Å². The molecule has 0 spiro atoms. The molecule has 1 heterocycles. The van der Waals surface area contributed by atoms with Gasteiger partial charge in [0.25, 0.3) is 5.91 Å². The predicted molar refractivity (Wildman–Crippen MR) is 91.1 cm³/mol. The molecule has 1 aliphatic heterocycles. The summed E-state index contributed by atoms with van der Waals surface area (Å²) in [6, 6.07) is 10.5. The number of benzene rings is 1. The molecule has 1 aliphatic carbocycles. The molecular weight excluding hydrogens is 288 g/mol. The van der Waals surface area contributed by atoms with Crippen LogP contribution in [0.5, 0.6) is 0 Å². The second-order valence-corrected chi connectivity index (χ2v) is 6.89. The minimum atomic E-state index is -0.220. The third kappa shape index (κ3) is 3.43. The summed E-state index contributed by atoms with van der Waals surface area (Å²) < 4.78 is 5.73. The fourth-order valence-electron chi connectivity index (χ4n) is 3.72. The van der Waals surface area contributed by atoms with E-state index in [-0.39, 0.29) is 17.4 Å². The highest BCUT2D eigenvalue weighted by Crippen LogP contribution is 2.38. The zero-order chi connectivity index (χ0) is 16.3. The van der Waals surface area contributed by atoms with E-state index in [0.29, 0.717) is 19.1 Å². The molecule has 1 atom stereocenters. The van der Waals surface area contributed by atoms with Crippen LogP contribution in [0.2, 0.25) is 0 Å². The number of amides is 1. The van der Waals surface area contributed by atoms with Crippen LogP contribution < -0.4 is 5.73 Å². The summed E-state index contributed by atoms with van der Waals surface area (Å²) in [6.07, 6.45) is 3.90. The molecule has 3 rings (SSSR count). The van der Waals surface area contributed by atoms with Gasteiger partial charge in [0.2, 0.25) is 0 Å². The van der Waals surface area contributed by atoms with Gasteiger partial charge in [0, 0.05) is 31.7 Å². The molecule has 0 aromatic heterocycles. The largest absolute Gasteiger partial charge is 0.368 e. The Kier molecular flexibility index (Phi) is 5.02. The summed E-state index contributed by atoms with van der Waals surface area (Å²) in [6.45, 7) is 4.77. The zero-order valence-corrected chi connectivity index (χ0v) is 14.0. The molecule has 1 amide bonds. The van der Waals surface area contributed by atoms with Gasteiger partial charge in [-0.1, -0.05) is 30.3 Å². The van der Waals surface area contributed by atoms with Crippen LogP contribution in [0.4, 0.5) is 0 Å². The third-order valence-electron chi connectivity index (χ3n) is 5.45. The zero-order valence-electron chi connectivity index (χ0n) is 14.0. The summed E-state index contributed by atoms with van der Waals surface area (Å²) in [7, 11) is 0. The van der Waals surface area contributed by atoms with Crippen molar-refractivity contribution >= 4 is 5.91 Å². The van der Waals surface area contributed by atoms with E-state index in [0.717, 1.165) is 38.8 Å². The van der Waals surface area contributed by atoms with Gasteiger partial charge in [-0.2, -0.15) is 0 Å². The number of nitrogens with two attached hydrogens (primary N) is 1. The molecule has 4 heteroatoms. The summed E-state index contributed by atoms with van der Waals surface area (Å²) in [5.41, 5.74) is 7.45. The van der Waals surface area contributed by atoms with Crippen LogP contribution in [0.25, 0.3) is 0 Å². The van der Waals surface area contributed by atoms with E-state index in [4.69, 9.17) is 10.5 Å². The van der Waals surface area contributed by atoms with Crippen molar-refractivity contribution in [2.45, 2.75) is 44.1 Å². The van der Waals surface area contributed by atoms with Crippen molar-refractivity contribution in [1.82, 2.24) is 4.90 Å². The van der Waals surface area contributed by atoms with Crippen molar-refractivity contribution in [2.24, 2.45) is 11.7 Å². The van der Waals surface area contributed by atoms with Gasteiger partial charge >= 0.3 is 0 Å². The molecule has 1 aromatic carbocycles. The van der Waals surface area contributed by atoms with Crippen molar-refractivity contribution in [3.63, 3.8) is 0 Å². The summed E-state index contributed by atoms with van der Waals surface area (Å²) in [5.74, 6) is 0.630. The number of carbonyl (C=O) groups excluding carboxylic acids is 1. The Labute approximate surface area is 139 Å². The number of likely N-dealkylation sites (tertiary alicyclic amines) is 1. The fourth-order valence-corrected chi connectivity index (χ4v) is 3.72. The van der Waals surface area contributed by atoms with Crippen LogP contribution >= 0.6 is 0 Å². The maximum Gasteiger partial charge on any atom is 0.251 e. The summed E-state index contributed by atoms with van der Waals surface area (Å²) >= 11 is 0. The number of piperidine rings is 1. The minimum absolute atomic E-state index is 0.0126. The third-order valence-corrected chi connectivity index (χ3v) is 5.45. The molecule has 4 nitrogen and oxygen atoms in total. The van der Waals surface area contributed by atoms with E-state index in [9.17, 15) is 4.79 Å². The number of hydrogen-bond donors (Lipinski definition) is 1. The molecule has 2 N–H and O–H groups in total. The number of ether oxygens (including phenoxy) is 1. The van der Waals surface area contributed by atoms with Crippen molar-refractivity contribution < 1.29 is 9.53 Å². The van der Waals surface area contributed by atoms with Crippen LogP contribution in [0.15, 0.2) is 30.3 Å². The lowest BCUT2D eigenvalue weighted by Crippen LogP contribution is -2.51. The SMILES string of the molecule is CCOC(C(=O)N1CCC(CN)(c2ccccc2)CC1)C1CC1. The van der Waals surface area contributed by atoms with E-state index in [1.165, 1.54) is 5.56 Å². The molecule has 2 aliphatic rings. The Morgan fingerprint density at radius 2 is 1.96 bits per heavy atom. The van der Waals surface area contributed by atoms with E-state index < -0.39 is 0 Å². The van der Waals surface area contributed by atoms with Crippen molar-refractivity contribution in [1.29, 1.82) is 0 Å². The van der Waals surface area contributed by atoms with Crippen molar-refractivity contribution in [3.8, 4) is 0 Å². The maximum absolute atomic E-state index is 12.8. The standard InChI is InChI=1S/C19H28N2O2/c1-2-23-17(15-8-9-15)18(22)21-12-10-19(14-20,11-13-21)16-6-4-3-5-7-16/h3-7,15,17H,2,8-14,20H2,1H3. The molecule has 0 bridgehead atoms. The molecule has 23 heavy (non-hydrogen) atoms. The van der Waals surface area contributed by atoms with Crippen molar-refractivity contribution in [2.75, 3.05) is 26.2 Å². The predicted octanol–water partition coefficient (Wildman–Crippen LogP) is 2.32. The number of nitrogens with zero attached hydrogens (tertiary/aromatic N) is 1. The molecule has 1 saturated carbocycles. The Hall–Kier alpha value is -1.39. The van der Waals surface area contributed by atoms with Gasteiger partial charge in [0.15, 0.2) is 0 Å². The highest BCUT2D eigenvalue weighted by molar-refractivity contribution is 5.81. The Balaban J connectivity index is 1.66. The maximum atomic E-state index is 12.8. The van der Waals surface area contributed by atoms with Gasteiger partial charge in [0.1, 0.15) is 6.10 Å². The second kappa shape index (κ2) is 7.02. The van der Waals surface area contributed by atoms with Gasteiger partial charge in [-0.3, -0.25) is 4.79 Å². The Bertz CT molecular complexity index is 519. The first-order chi connectivity index (χ1) is 11.2. The minimum Gasteiger partial charge on any atom is -0.368 e. The van der Waals surface area contributed by atoms with Gasteiger partial charge in [-0.25, -0.2) is 0 Å². The quantitative estimate of drug-likeness (QED) is 0.876. The molecule has 0 radical (unpaired) electrons. The molecular formula is C19H28N2O2. The lowest BCUT2D eigenvalue weighted by atomic mass is 9.73. The second-order valence-electron chi connectivity index (χ2n) is 6.89. The first kappa shape index (κ1) is 16.5. The number of carbonyl (C=O) groups is 1. The van der Waals surface area contributed by atoms with Crippen LogP contribution in [0.1, 0.15) is 38.2 Å². The van der Waals surface area contributed by atoms with Crippen LogP contribution in [0, 0.1) is 5.92 Å². The number of rotatable bonds is 6. The molecule has 1 saturated heterocycles. The fraction of sp³-hybridized carbons (Fsp3) is 0.632. The van der Waals surface area contributed by atoms with Crippen molar-refractivity contribution in [3.05, 3.63) is 35.9 Å². The first-order valence-electron chi connectivity index (χ1n) is 8.86. The normalized spacial score (nSPS) is 21.9.